The van der Waals surface area contributed by atoms with Crippen molar-refractivity contribution in [1.82, 2.24) is 9.80 Å². The molecule has 1 aromatic rings. The largest absolute Gasteiger partial charge is 0.492 e. The van der Waals surface area contributed by atoms with E-state index >= 15 is 0 Å². The van der Waals surface area contributed by atoms with Gasteiger partial charge in [-0.05, 0) is 37.6 Å². The second kappa shape index (κ2) is 8.37. The molecule has 0 aliphatic carbocycles. The van der Waals surface area contributed by atoms with Gasteiger partial charge in [-0.25, -0.2) is 0 Å². The normalized spacial score (nSPS) is 18.6. The van der Waals surface area contributed by atoms with Gasteiger partial charge in [-0.3, -0.25) is 4.90 Å². The molecule has 1 aliphatic rings. The molecular formula is C17H29N3O. The number of likely N-dealkylation sites (N-methyl/N-ethyl adjacent to an activating group) is 1. The highest BCUT2D eigenvalue weighted by Crippen LogP contribution is 2.14. The van der Waals surface area contributed by atoms with Crippen LogP contribution in [-0.2, 0) is 6.42 Å². The smallest absolute Gasteiger partial charge is 0.119 e. The van der Waals surface area contributed by atoms with Gasteiger partial charge in [0.1, 0.15) is 12.4 Å². The molecule has 1 saturated heterocycles. The van der Waals surface area contributed by atoms with E-state index in [0.717, 1.165) is 57.9 Å². The minimum absolute atomic E-state index is 0.258. The van der Waals surface area contributed by atoms with Crippen LogP contribution in [0, 0.1) is 0 Å². The van der Waals surface area contributed by atoms with Crippen molar-refractivity contribution in [3.8, 4) is 5.75 Å². The summed E-state index contributed by atoms with van der Waals surface area (Å²) < 4.78 is 5.84. The average Bonchev–Trinajstić information content (AvgIpc) is 2.51. The third-order valence-corrected chi connectivity index (χ3v) is 4.22. The van der Waals surface area contributed by atoms with Gasteiger partial charge < -0.3 is 15.4 Å². The van der Waals surface area contributed by atoms with E-state index in [4.69, 9.17) is 10.5 Å². The molecule has 0 aromatic heterocycles. The zero-order valence-corrected chi connectivity index (χ0v) is 13.4. The first-order valence-electron chi connectivity index (χ1n) is 8.05. The summed E-state index contributed by atoms with van der Waals surface area (Å²) in [7, 11) is 2.18. The molecule has 1 aromatic carbocycles. The Morgan fingerprint density at radius 1 is 1.14 bits per heavy atom. The fraction of sp³-hybridized carbons (Fsp3) is 0.647. The SMILES string of the molecule is CCC(N)Cc1ccc(OCCN2CCN(C)CC2)cc1. The molecule has 1 atom stereocenters. The lowest BCUT2D eigenvalue weighted by Crippen LogP contribution is -2.45. The van der Waals surface area contributed by atoms with Gasteiger partial charge in [-0.2, -0.15) is 0 Å². The summed E-state index contributed by atoms with van der Waals surface area (Å²) >= 11 is 0. The summed E-state index contributed by atoms with van der Waals surface area (Å²) in [6, 6.07) is 8.62. The van der Waals surface area contributed by atoms with Crippen molar-refractivity contribution in [2.75, 3.05) is 46.4 Å². The molecule has 0 spiro atoms. The summed E-state index contributed by atoms with van der Waals surface area (Å²) in [6.45, 7) is 8.51. The Kier molecular flexibility index (Phi) is 6.49. The number of benzene rings is 1. The van der Waals surface area contributed by atoms with Crippen LogP contribution in [0.4, 0.5) is 0 Å². The van der Waals surface area contributed by atoms with E-state index in [2.05, 4.69) is 48.0 Å². The number of hydrogen-bond donors (Lipinski definition) is 1. The monoisotopic (exact) mass is 291 g/mol. The molecule has 21 heavy (non-hydrogen) atoms. The van der Waals surface area contributed by atoms with Crippen molar-refractivity contribution < 1.29 is 4.74 Å². The number of rotatable bonds is 7. The topological polar surface area (TPSA) is 41.7 Å². The van der Waals surface area contributed by atoms with E-state index in [-0.39, 0.29) is 6.04 Å². The first-order chi connectivity index (χ1) is 10.2. The van der Waals surface area contributed by atoms with Crippen LogP contribution >= 0.6 is 0 Å². The molecule has 4 heteroatoms. The van der Waals surface area contributed by atoms with E-state index in [9.17, 15) is 0 Å². The molecule has 0 amide bonds. The van der Waals surface area contributed by atoms with Crippen LogP contribution in [0.15, 0.2) is 24.3 Å². The van der Waals surface area contributed by atoms with E-state index in [1.165, 1.54) is 5.56 Å². The Morgan fingerprint density at radius 3 is 2.43 bits per heavy atom. The molecular weight excluding hydrogens is 262 g/mol. The van der Waals surface area contributed by atoms with Crippen molar-refractivity contribution in [3.05, 3.63) is 29.8 Å². The van der Waals surface area contributed by atoms with Crippen LogP contribution < -0.4 is 10.5 Å². The van der Waals surface area contributed by atoms with Gasteiger partial charge in [0, 0.05) is 38.8 Å². The molecule has 2 N–H and O–H groups in total. The van der Waals surface area contributed by atoms with Crippen molar-refractivity contribution in [1.29, 1.82) is 0 Å². The maximum Gasteiger partial charge on any atom is 0.119 e. The summed E-state index contributed by atoms with van der Waals surface area (Å²) in [5.41, 5.74) is 7.26. The summed E-state index contributed by atoms with van der Waals surface area (Å²) in [5, 5.41) is 0. The van der Waals surface area contributed by atoms with Crippen molar-refractivity contribution in [3.63, 3.8) is 0 Å². The Morgan fingerprint density at radius 2 is 1.81 bits per heavy atom. The van der Waals surface area contributed by atoms with Gasteiger partial charge in [0.25, 0.3) is 0 Å². The number of ether oxygens (including phenoxy) is 1. The van der Waals surface area contributed by atoms with Crippen LogP contribution in [0.1, 0.15) is 18.9 Å². The minimum Gasteiger partial charge on any atom is -0.492 e. The summed E-state index contributed by atoms with van der Waals surface area (Å²) in [5.74, 6) is 0.956. The lowest BCUT2D eigenvalue weighted by molar-refractivity contribution is 0.133. The molecule has 1 aliphatic heterocycles. The highest BCUT2D eigenvalue weighted by molar-refractivity contribution is 5.27. The van der Waals surface area contributed by atoms with Crippen LogP contribution in [0.25, 0.3) is 0 Å². The Balaban J connectivity index is 1.69. The van der Waals surface area contributed by atoms with E-state index in [1.54, 1.807) is 0 Å². The van der Waals surface area contributed by atoms with Gasteiger partial charge in [-0.15, -0.1) is 0 Å². The number of nitrogens with zero attached hydrogens (tertiary/aromatic N) is 2. The van der Waals surface area contributed by atoms with Crippen molar-refractivity contribution >= 4 is 0 Å². The first-order valence-corrected chi connectivity index (χ1v) is 8.05. The second-order valence-electron chi connectivity index (χ2n) is 6.01. The maximum atomic E-state index is 5.98. The quantitative estimate of drug-likeness (QED) is 0.828. The number of nitrogens with two attached hydrogens (primary N) is 1. The Labute approximate surface area is 128 Å². The van der Waals surface area contributed by atoms with Crippen LogP contribution in [0.3, 0.4) is 0 Å². The lowest BCUT2D eigenvalue weighted by atomic mass is 10.0. The van der Waals surface area contributed by atoms with E-state index < -0.39 is 0 Å². The van der Waals surface area contributed by atoms with E-state index in [1.807, 2.05) is 0 Å². The summed E-state index contributed by atoms with van der Waals surface area (Å²) in [6.07, 6.45) is 1.96. The van der Waals surface area contributed by atoms with Crippen LogP contribution in [0.2, 0.25) is 0 Å². The van der Waals surface area contributed by atoms with Gasteiger partial charge >= 0.3 is 0 Å². The third-order valence-electron chi connectivity index (χ3n) is 4.22. The van der Waals surface area contributed by atoms with Crippen LogP contribution in [-0.4, -0.2) is 62.2 Å². The van der Waals surface area contributed by atoms with Gasteiger partial charge in [0.05, 0.1) is 0 Å². The fourth-order valence-corrected chi connectivity index (χ4v) is 2.53. The Hall–Kier alpha value is -1.10. The van der Waals surface area contributed by atoms with Crippen molar-refractivity contribution in [2.45, 2.75) is 25.8 Å². The van der Waals surface area contributed by atoms with Gasteiger partial charge in [0.15, 0.2) is 0 Å². The molecule has 118 valence electrons. The van der Waals surface area contributed by atoms with E-state index in [0.29, 0.717) is 0 Å². The molecule has 0 bridgehead atoms. The zero-order valence-electron chi connectivity index (χ0n) is 13.4. The first kappa shape index (κ1) is 16.3. The fourth-order valence-electron chi connectivity index (χ4n) is 2.53. The number of hydrogen-bond acceptors (Lipinski definition) is 4. The molecule has 1 unspecified atom stereocenters. The lowest BCUT2D eigenvalue weighted by Gasteiger charge is -2.32. The highest BCUT2D eigenvalue weighted by atomic mass is 16.5. The molecule has 2 rings (SSSR count). The predicted molar refractivity (Wildman–Crippen MR) is 87.8 cm³/mol. The molecule has 0 saturated carbocycles. The molecule has 1 fully saturated rings. The number of piperazine rings is 1. The Bertz CT molecular complexity index is 399. The second-order valence-corrected chi connectivity index (χ2v) is 6.01. The van der Waals surface area contributed by atoms with Crippen molar-refractivity contribution in [2.24, 2.45) is 5.73 Å². The maximum absolute atomic E-state index is 5.98. The molecule has 1 heterocycles. The van der Waals surface area contributed by atoms with Gasteiger partial charge in [-0.1, -0.05) is 19.1 Å². The zero-order chi connectivity index (χ0) is 15.1. The standard InChI is InChI=1S/C17H29N3O/c1-3-16(18)14-15-4-6-17(7-5-15)21-13-12-20-10-8-19(2)9-11-20/h4-7,16H,3,8-14,18H2,1-2H3. The molecule has 4 nitrogen and oxygen atoms in total. The predicted octanol–water partition coefficient (Wildman–Crippen LogP) is 1.59. The summed E-state index contributed by atoms with van der Waals surface area (Å²) in [4.78, 5) is 4.84. The highest BCUT2D eigenvalue weighted by Gasteiger charge is 2.13. The van der Waals surface area contributed by atoms with Crippen LogP contribution in [0.5, 0.6) is 5.75 Å². The molecule has 0 radical (unpaired) electrons. The third kappa shape index (κ3) is 5.65. The average molecular weight is 291 g/mol. The minimum atomic E-state index is 0.258. The van der Waals surface area contributed by atoms with Gasteiger partial charge in [0.2, 0.25) is 0 Å².